The normalized spacial score (nSPS) is 13.7. The number of aromatic nitrogens is 1. The van der Waals surface area contributed by atoms with Crippen molar-refractivity contribution in [3.63, 3.8) is 0 Å². The Kier molecular flexibility index (Phi) is 5.64. The Morgan fingerprint density at radius 3 is 2.90 bits per heavy atom. The minimum Gasteiger partial charge on any atom is -0.476 e. The molecule has 0 spiro atoms. The standard InChI is InChI=1S/C15H22N4O2/c1-20-10-9-19(8-2-7-16)14-6-5-13(17)15(18-14)21-11-12-3-4-12/h5-6,12H,2-4,8-11,17H2,1H3. The van der Waals surface area contributed by atoms with Crippen molar-refractivity contribution in [1.29, 1.82) is 5.26 Å². The van der Waals surface area contributed by atoms with Crippen LogP contribution in [0, 0.1) is 17.2 Å². The van der Waals surface area contributed by atoms with Crippen molar-refractivity contribution in [3.05, 3.63) is 12.1 Å². The highest BCUT2D eigenvalue weighted by Crippen LogP contribution is 2.31. The quantitative estimate of drug-likeness (QED) is 0.746. The molecular formula is C15H22N4O2. The lowest BCUT2D eigenvalue weighted by atomic mass is 10.3. The van der Waals surface area contributed by atoms with Gasteiger partial charge in [-0.2, -0.15) is 10.2 Å². The van der Waals surface area contributed by atoms with Crippen molar-refractivity contribution in [2.45, 2.75) is 19.3 Å². The van der Waals surface area contributed by atoms with Gasteiger partial charge in [0, 0.05) is 20.2 Å². The molecule has 0 aliphatic heterocycles. The van der Waals surface area contributed by atoms with E-state index in [0.29, 0.717) is 50.2 Å². The fourth-order valence-corrected chi connectivity index (χ4v) is 1.94. The van der Waals surface area contributed by atoms with Crippen LogP contribution in [-0.2, 0) is 4.74 Å². The number of nitrogens with two attached hydrogens (primary N) is 1. The third-order valence-corrected chi connectivity index (χ3v) is 3.41. The molecule has 0 bridgehead atoms. The van der Waals surface area contributed by atoms with Crippen LogP contribution in [0.2, 0.25) is 0 Å². The molecule has 0 aromatic carbocycles. The molecule has 0 amide bonds. The Hall–Kier alpha value is -2.00. The highest BCUT2D eigenvalue weighted by atomic mass is 16.5. The van der Waals surface area contributed by atoms with Crippen molar-refractivity contribution in [1.82, 2.24) is 4.98 Å². The van der Waals surface area contributed by atoms with Crippen LogP contribution in [0.4, 0.5) is 11.5 Å². The van der Waals surface area contributed by atoms with E-state index in [1.54, 1.807) is 13.2 Å². The first-order valence-corrected chi connectivity index (χ1v) is 7.24. The zero-order chi connectivity index (χ0) is 15.1. The molecule has 1 aromatic rings. The molecule has 0 unspecified atom stereocenters. The van der Waals surface area contributed by atoms with Gasteiger partial charge >= 0.3 is 0 Å². The second-order valence-corrected chi connectivity index (χ2v) is 5.21. The van der Waals surface area contributed by atoms with Gasteiger partial charge in [-0.1, -0.05) is 0 Å². The number of ether oxygens (including phenoxy) is 2. The minimum atomic E-state index is 0.439. The maximum absolute atomic E-state index is 8.77. The van der Waals surface area contributed by atoms with Gasteiger partial charge in [0.25, 0.3) is 0 Å². The van der Waals surface area contributed by atoms with Crippen LogP contribution in [-0.4, -0.2) is 38.4 Å². The highest BCUT2D eigenvalue weighted by Gasteiger charge is 2.22. The molecular weight excluding hydrogens is 268 g/mol. The molecule has 1 saturated carbocycles. The van der Waals surface area contributed by atoms with Crippen LogP contribution in [0.25, 0.3) is 0 Å². The number of pyridine rings is 1. The number of methoxy groups -OCH3 is 1. The van der Waals surface area contributed by atoms with Crippen LogP contribution in [0.3, 0.4) is 0 Å². The lowest BCUT2D eigenvalue weighted by Crippen LogP contribution is -2.29. The number of nitrogen functional groups attached to an aromatic ring is 1. The van der Waals surface area contributed by atoms with Gasteiger partial charge < -0.3 is 20.1 Å². The highest BCUT2D eigenvalue weighted by molar-refractivity contribution is 5.54. The Labute approximate surface area is 125 Å². The molecule has 1 heterocycles. The molecule has 0 radical (unpaired) electrons. The molecule has 21 heavy (non-hydrogen) atoms. The molecule has 1 fully saturated rings. The molecule has 1 aliphatic carbocycles. The molecule has 2 N–H and O–H groups in total. The Balaban J connectivity index is 2.06. The van der Waals surface area contributed by atoms with E-state index in [4.69, 9.17) is 20.5 Å². The zero-order valence-corrected chi connectivity index (χ0v) is 12.4. The monoisotopic (exact) mass is 290 g/mol. The van der Waals surface area contributed by atoms with Gasteiger partial charge in [0.15, 0.2) is 0 Å². The summed E-state index contributed by atoms with van der Waals surface area (Å²) >= 11 is 0. The average molecular weight is 290 g/mol. The fraction of sp³-hybridized carbons (Fsp3) is 0.600. The van der Waals surface area contributed by atoms with Crippen molar-refractivity contribution in [2.75, 3.05) is 44.0 Å². The smallest absolute Gasteiger partial charge is 0.239 e. The summed E-state index contributed by atoms with van der Waals surface area (Å²) in [6.45, 7) is 2.54. The van der Waals surface area contributed by atoms with Crippen molar-refractivity contribution < 1.29 is 9.47 Å². The summed E-state index contributed by atoms with van der Waals surface area (Å²) in [5, 5.41) is 8.77. The molecule has 6 nitrogen and oxygen atoms in total. The third-order valence-electron chi connectivity index (χ3n) is 3.41. The molecule has 114 valence electrons. The maximum Gasteiger partial charge on any atom is 0.239 e. The van der Waals surface area contributed by atoms with E-state index in [-0.39, 0.29) is 0 Å². The summed E-state index contributed by atoms with van der Waals surface area (Å²) in [7, 11) is 1.66. The molecule has 0 saturated heterocycles. The van der Waals surface area contributed by atoms with E-state index in [1.165, 1.54) is 12.8 Å². The first-order valence-electron chi connectivity index (χ1n) is 7.24. The van der Waals surface area contributed by atoms with E-state index in [1.807, 2.05) is 11.0 Å². The summed E-state index contributed by atoms with van der Waals surface area (Å²) in [6.07, 6.45) is 2.89. The van der Waals surface area contributed by atoms with Gasteiger partial charge in [-0.3, -0.25) is 0 Å². The Morgan fingerprint density at radius 1 is 1.43 bits per heavy atom. The van der Waals surface area contributed by atoms with Gasteiger partial charge in [0.1, 0.15) is 5.82 Å². The van der Waals surface area contributed by atoms with Crippen LogP contribution in [0.15, 0.2) is 12.1 Å². The molecule has 0 atom stereocenters. The van der Waals surface area contributed by atoms with E-state index in [9.17, 15) is 0 Å². The van der Waals surface area contributed by atoms with E-state index in [2.05, 4.69) is 11.1 Å². The van der Waals surface area contributed by atoms with Gasteiger partial charge in [-0.05, 0) is 30.9 Å². The van der Waals surface area contributed by atoms with E-state index in [0.717, 1.165) is 5.82 Å². The van der Waals surface area contributed by atoms with Crippen LogP contribution in [0.1, 0.15) is 19.3 Å². The average Bonchev–Trinajstić information content (AvgIpc) is 3.31. The molecule has 6 heteroatoms. The SMILES string of the molecule is COCCN(CCC#N)c1ccc(N)c(OCC2CC2)n1. The van der Waals surface area contributed by atoms with Gasteiger partial charge in [0.2, 0.25) is 5.88 Å². The summed E-state index contributed by atoms with van der Waals surface area (Å²) in [4.78, 5) is 6.50. The predicted octanol–water partition coefficient (Wildman–Crippen LogP) is 1.82. The zero-order valence-electron chi connectivity index (χ0n) is 12.4. The second-order valence-electron chi connectivity index (χ2n) is 5.21. The third kappa shape index (κ3) is 4.80. The van der Waals surface area contributed by atoms with Gasteiger partial charge in [0.05, 0.1) is 31.4 Å². The largest absolute Gasteiger partial charge is 0.476 e. The van der Waals surface area contributed by atoms with Gasteiger partial charge in [-0.15, -0.1) is 0 Å². The van der Waals surface area contributed by atoms with E-state index < -0.39 is 0 Å². The lowest BCUT2D eigenvalue weighted by Gasteiger charge is -2.23. The topological polar surface area (TPSA) is 84.4 Å². The van der Waals surface area contributed by atoms with Gasteiger partial charge in [-0.25, -0.2) is 0 Å². The predicted molar refractivity (Wildman–Crippen MR) is 81.2 cm³/mol. The number of hydrogen-bond acceptors (Lipinski definition) is 6. The number of nitrogens with zero attached hydrogens (tertiary/aromatic N) is 3. The number of nitriles is 1. The minimum absolute atomic E-state index is 0.439. The van der Waals surface area contributed by atoms with Crippen molar-refractivity contribution in [2.24, 2.45) is 5.92 Å². The first-order chi connectivity index (χ1) is 10.2. The summed E-state index contributed by atoms with van der Waals surface area (Å²) in [5.41, 5.74) is 6.46. The second kappa shape index (κ2) is 7.70. The first kappa shape index (κ1) is 15.4. The van der Waals surface area contributed by atoms with E-state index >= 15 is 0 Å². The molecule has 2 rings (SSSR count). The summed E-state index contributed by atoms with van der Waals surface area (Å²) < 4.78 is 10.8. The molecule has 1 aromatic heterocycles. The van der Waals surface area contributed by atoms with Crippen molar-refractivity contribution >= 4 is 11.5 Å². The number of hydrogen-bond donors (Lipinski definition) is 1. The fourth-order valence-electron chi connectivity index (χ4n) is 1.94. The summed E-state index contributed by atoms with van der Waals surface area (Å²) in [5.74, 6) is 1.90. The van der Waals surface area contributed by atoms with Crippen LogP contribution >= 0.6 is 0 Å². The summed E-state index contributed by atoms with van der Waals surface area (Å²) in [6, 6.07) is 5.81. The van der Waals surface area contributed by atoms with Crippen LogP contribution in [0.5, 0.6) is 5.88 Å². The number of rotatable bonds is 9. The Morgan fingerprint density at radius 2 is 2.24 bits per heavy atom. The van der Waals surface area contributed by atoms with Crippen LogP contribution < -0.4 is 15.4 Å². The number of anilines is 2. The lowest BCUT2D eigenvalue weighted by molar-refractivity contribution is 0.205. The van der Waals surface area contributed by atoms with Crippen molar-refractivity contribution in [3.8, 4) is 11.9 Å². The molecule has 1 aliphatic rings. The maximum atomic E-state index is 8.77. The Bertz CT molecular complexity index is 497.